The largest absolute Gasteiger partial charge is 0.383 e. The molecule has 4 nitrogen and oxygen atoms in total. The second-order valence-electron chi connectivity index (χ2n) is 5.01. The molecule has 0 saturated heterocycles. The van der Waals surface area contributed by atoms with Crippen molar-refractivity contribution in [3.05, 3.63) is 10.6 Å². The Bertz CT molecular complexity index is 379. The van der Waals surface area contributed by atoms with E-state index in [1.165, 1.54) is 4.88 Å². The van der Waals surface area contributed by atoms with E-state index in [2.05, 4.69) is 44.8 Å². The standard InChI is InChI=1S/C14H27N3OS/c1-7-15-11(4)13-12(5)16-14(19-13)17(10(2)3)8-9-18-6/h10-11,15H,7-9H2,1-6H3. The van der Waals surface area contributed by atoms with Crippen molar-refractivity contribution in [3.8, 4) is 0 Å². The van der Waals surface area contributed by atoms with Crippen molar-refractivity contribution in [2.24, 2.45) is 0 Å². The summed E-state index contributed by atoms with van der Waals surface area (Å²) >= 11 is 1.79. The summed E-state index contributed by atoms with van der Waals surface area (Å²) in [6.07, 6.45) is 0. The van der Waals surface area contributed by atoms with E-state index in [1.807, 2.05) is 0 Å². The van der Waals surface area contributed by atoms with Gasteiger partial charge in [-0.1, -0.05) is 6.92 Å². The Hall–Kier alpha value is -0.650. The van der Waals surface area contributed by atoms with Crippen molar-refractivity contribution in [1.82, 2.24) is 10.3 Å². The van der Waals surface area contributed by atoms with E-state index < -0.39 is 0 Å². The third-order valence-corrected chi connectivity index (χ3v) is 4.51. The van der Waals surface area contributed by atoms with Crippen molar-refractivity contribution in [3.63, 3.8) is 0 Å². The summed E-state index contributed by atoms with van der Waals surface area (Å²) < 4.78 is 5.19. The van der Waals surface area contributed by atoms with E-state index in [0.717, 1.165) is 30.5 Å². The quantitative estimate of drug-likeness (QED) is 0.797. The third kappa shape index (κ3) is 4.44. The van der Waals surface area contributed by atoms with Gasteiger partial charge in [-0.3, -0.25) is 0 Å². The Morgan fingerprint density at radius 2 is 2.05 bits per heavy atom. The summed E-state index contributed by atoms with van der Waals surface area (Å²) in [7, 11) is 1.74. The Morgan fingerprint density at radius 1 is 1.37 bits per heavy atom. The molecule has 1 N–H and O–H groups in total. The maximum absolute atomic E-state index is 5.19. The number of thiazole rings is 1. The van der Waals surface area contributed by atoms with Crippen LogP contribution < -0.4 is 10.2 Å². The Morgan fingerprint density at radius 3 is 2.58 bits per heavy atom. The fraction of sp³-hybridized carbons (Fsp3) is 0.786. The summed E-state index contributed by atoms with van der Waals surface area (Å²) in [5.41, 5.74) is 1.14. The number of aromatic nitrogens is 1. The van der Waals surface area contributed by atoms with E-state index in [0.29, 0.717) is 12.1 Å². The summed E-state index contributed by atoms with van der Waals surface area (Å²) in [5.74, 6) is 0. The highest BCUT2D eigenvalue weighted by Crippen LogP contribution is 2.31. The van der Waals surface area contributed by atoms with Gasteiger partial charge in [0.1, 0.15) is 0 Å². The number of hydrogen-bond acceptors (Lipinski definition) is 5. The minimum atomic E-state index is 0.368. The number of nitrogens with one attached hydrogen (secondary N) is 1. The van der Waals surface area contributed by atoms with Crippen LogP contribution in [0.25, 0.3) is 0 Å². The van der Waals surface area contributed by atoms with Gasteiger partial charge in [0.05, 0.1) is 12.3 Å². The zero-order valence-corrected chi connectivity index (χ0v) is 13.8. The molecular weight excluding hydrogens is 258 g/mol. The molecule has 0 aliphatic carbocycles. The van der Waals surface area contributed by atoms with Gasteiger partial charge in [-0.05, 0) is 34.2 Å². The molecule has 0 radical (unpaired) electrons. The molecule has 1 aromatic heterocycles. The highest BCUT2D eigenvalue weighted by atomic mass is 32.1. The second kappa shape index (κ2) is 7.82. The Labute approximate surface area is 121 Å². The SMILES string of the molecule is CCNC(C)c1sc(N(CCOC)C(C)C)nc1C. The van der Waals surface area contributed by atoms with E-state index in [1.54, 1.807) is 18.4 Å². The molecule has 19 heavy (non-hydrogen) atoms. The lowest BCUT2D eigenvalue weighted by Crippen LogP contribution is -2.33. The maximum Gasteiger partial charge on any atom is 0.186 e. The number of methoxy groups -OCH3 is 1. The summed E-state index contributed by atoms with van der Waals surface area (Å²) in [4.78, 5) is 8.38. The van der Waals surface area contributed by atoms with Crippen LogP contribution in [-0.4, -0.2) is 37.8 Å². The van der Waals surface area contributed by atoms with Crippen LogP contribution in [-0.2, 0) is 4.74 Å². The average molecular weight is 285 g/mol. The molecule has 110 valence electrons. The number of aryl methyl sites for hydroxylation is 1. The van der Waals surface area contributed by atoms with E-state index >= 15 is 0 Å². The Balaban J connectivity index is 2.89. The molecule has 1 atom stereocenters. The monoisotopic (exact) mass is 285 g/mol. The van der Waals surface area contributed by atoms with E-state index in [4.69, 9.17) is 9.72 Å². The number of nitrogens with zero attached hydrogens (tertiary/aromatic N) is 2. The van der Waals surface area contributed by atoms with Gasteiger partial charge in [0.15, 0.2) is 5.13 Å². The topological polar surface area (TPSA) is 37.4 Å². The van der Waals surface area contributed by atoms with Gasteiger partial charge in [-0.2, -0.15) is 0 Å². The average Bonchev–Trinajstić information content (AvgIpc) is 2.71. The first kappa shape index (κ1) is 16.4. The van der Waals surface area contributed by atoms with Crippen molar-refractivity contribution in [2.45, 2.75) is 46.7 Å². The smallest absolute Gasteiger partial charge is 0.186 e. The van der Waals surface area contributed by atoms with Gasteiger partial charge in [0.2, 0.25) is 0 Å². The Kier molecular flexibility index (Phi) is 6.75. The molecule has 0 bridgehead atoms. The van der Waals surface area contributed by atoms with Crippen LogP contribution in [0.4, 0.5) is 5.13 Å². The molecule has 0 aliphatic rings. The third-order valence-electron chi connectivity index (χ3n) is 3.13. The van der Waals surface area contributed by atoms with Crippen LogP contribution in [0.2, 0.25) is 0 Å². The molecule has 0 saturated carbocycles. The normalized spacial score (nSPS) is 13.0. The molecule has 0 fully saturated rings. The summed E-state index contributed by atoms with van der Waals surface area (Å²) in [5, 5.41) is 4.56. The molecule has 0 aliphatic heterocycles. The van der Waals surface area contributed by atoms with Crippen molar-refractivity contribution in [1.29, 1.82) is 0 Å². The molecule has 1 unspecified atom stereocenters. The van der Waals surface area contributed by atoms with Crippen LogP contribution in [0.3, 0.4) is 0 Å². The van der Waals surface area contributed by atoms with Gasteiger partial charge < -0.3 is 15.0 Å². The molecule has 5 heteroatoms. The first-order valence-corrected chi connectivity index (χ1v) is 7.79. The van der Waals surface area contributed by atoms with Crippen LogP contribution in [0.15, 0.2) is 0 Å². The molecule has 0 amide bonds. The number of ether oxygens (including phenoxy) is 1. The zero-order chi connectivity index (χ0) is 14.4. The first-order valence-electron chi connectivity index (χ1n) is 6.97. The van der Waals surface area contributed by atoms with E-state index in [9.17, 15) is 0 Å². The maximum atomic E-state index is 5.19. The highest BCUT2D eigenvalue weighted by Gasteiger charge is 2.19. The number of rotatable bonds is 8. The number of anilines is 1. The zero-order valence-electron chi connectivity index (χ0n) is 13.0. The predicted molar refractivity (Wildman–Crippen MR) is 83.3 cm³/mol. The summed E-state index contributed by atoms with van der Waals surface area (Å²) in [6.45, 7) is 13.4. The lowest BCUT2D eigenvalue weighted by atomic mass is 10.2. The predicted octanol–water partition coefficient (Wildman–Crippen LogP) is 2.98. The van der Waals surface area contributed by atoms with Crippen LogP contribution in [0.5, 0.6) is 0 Å². The van der Waals surface area contributed by atoms with E-state index in [-0.39, 0.29) is 0 Å². The van der Waals surface area contributed by atoms with Gasteiger partial charge in [-0.15, -0.1) is 11.3 Å². The van der Waals surface area contributed by atoms with Crippen molar-refractivity contribution < 1.29 is 4.74 Å². The molecule has 0 aromatic carbocycles. The lowest BCUT2D eigenvalue weighted by molar-refractivity contribution is 0.204. The van der Waals surface area contributed by atoms with Crippen LogP contribution in [0.1, 0.15) is 44.3 Å². The second-order valence-corrected chi connectivity index (χ2v) is 6.01. The van der Waals surface area contributed by atoms with Gasteiger partial charge in [-0.25, -0.2) is 4.98 Å². The van der Waals surface area contributed by atoms with Crippen molar-refractivity contribution >= 4 is 16.5 Å². The molecule has 1 aromatic rings. The molecule has 1 heterocycles. The summed E-state index contributed by atoms with van der Waals surface area (Å²) in [6, 6.07) is 0.802. The van der Waals surface area contributed by atoms with Gasteiger partial charge >= 0.3 is 0 Å². The van der Waals surface area contributed by atoms with Gasteiger partial charge in [0.25, 0.3) is 0 Å². The molecule has 0 spiro atoms. The fourth-order valence-electron chi connectivity index (χ4n) is 2.08. The van der Waals surface area contributed by atoms with Gasteiger partial charge in [0, 0.05) is 30.6 Å². The van der Waals surface area contributed by atoms with Crippen LogP contribution in [0, 0.1) is 6.92 Å². The van der Waals surface area contributed by atoms with Crippen LogP contribution >= 0.6 is 11.3 Å². The minimum Gasteiger partial charge on any atom is -0.383 e. The molecule has 1 rings (SSSR count). The lowest BCUT2D eigenvalue weighted by Gasteiger charge is -2.25. The molecular formula is C14H27N3OS. The number of hydrogen-bond donors (Lipinski definition) is 1. The first-order chi connectivity index (χ1) is 9.01. The highest BCUT2D eigenvalue weighted by molar-refractivity contribution is 7.15. The minimum absolute atomic E-state index is 0.368. The van der Waals surface area contributed by atoms with Crippen molar-refractivity contribution in [2.75, 3.05) is 31.7 Å². The fourth-order valence-corrected chi connectivity index (χ4v) is 3.33.